The fraction of sp³-hybridized carbons (Fsp3) is 0.333. The van der Waals surface area contributed by atoms with E-state index in [-0.39, 0.29) is 12.3 Å². The zero-order valence-corrected chi connectivity index (χ0v) is 13.8. The van der Waals surface area contributed by atoms with Crippen LogP contribution in [-0.2, 0) is 11.2 Å². The highest BCUT2D eigenvalue weighted by molar-refractivity contribution is 5.38. The van der Waals surface area contributed by atoms with Gasteiger partial charge < -0.3 is 24.8 Å². The summed E-state index contributed by atoms with van der Waals surface area (Å²) in [5.41, 5.74) is 1.79. The number of nitro benzene ring substituents is 1. The number of hydrogen-bond donors (Lipinski definition) is 3. The third-order valence-electron chi connectivity index (χ3n) is 4.16. The van der Waals surface area contributed by atoms with Crippen LogP contribution in [0.2, 0.25) is 0 Å². The van der Waals surface area contributed by atoms with E-state index in [1.54, 1.807) is 30.3 Å². The smallest absolute Gasteiger partial charge is 0.269 e. The molecule has 0 saturated carbocycles. The van der Waals surface area contributed by atoms with Gasteiger partial charge in [0, 0.05) is 12.1 Å². The predicted octanol–water partition coefficient (Wildman–Crippen LogP) is 1.00. The summed E-state index contributed by atoms with van der Waals surface area (Å²) in [6.45, 7) is -0.131. The van der Waals surface area contributed by atoms with E-state index >= 15 is 0 Å². The number of rotatable bonds is 5. The molecule has 1 aliphatic rings. The van der Waals surface area contributed by atoms with Crippen LogP contribution in [0.3, 0.4) is 0 Å². The van der Waals surface area contributed by atoms with Gasteiger partial charge in [0.05, 0.1) is 11.5 Å². The molecule has 8 nitrogen and oxygen atoms in total. The second kappa shape index (κ2) is 7.79. The van der Waals surface area contributed by atoms with Crippen LogP contribution in [0.5, 0.6) is 5.75 Å². The molecule has 0 aromatic heterocycles. The van der Waals surface area contributed by atoms with E-state index in [1.165, 1.54) is 12.1 Å². The molecule has 2 aromatic carbocycles. The Hall–Kier alpha value is -2.52. The third kappa shape index (κ3) is 4.17. The molecule has 3 N–H and O–H groups in total. The van der Waals surface area contributed by atoms with Gasteiger partial charge in [-0.05, 0) is 29.7 Å². The van der Waals surface area contributed by atoms with E-state index in [2.05, 4.69) is 0 Å². The molecule has 0 bridgehead atoms. The zero-order valence-electron chi connectivity index (χ0n) is 13.8. The quantitative estimate of drug-likeness (QED) is 0.536. The van der Waals surface area contributed by atoms with Crippen molar-refractivity contribution in [1.29, 1.82) is 0 Å². The summed E-state index contributed by atoms with van der Waals surface area (Å²) in [7, 11) is 0. The predicted molar refractivity (Wildman–Crippen MR) is 90.7 cm³/mol. The summed E-state index contributed by atoms with van der Waals surface area (Å²) in [5.74, 6) is 0.431. The van der Waals surface area contributed by atoms with Crippen molar-refractivity contribution >= 4 is 5.69 Å². The molecule has 8 heteroatoms. The molecular weight excluding hydrogens is 342 g/mol. The number of ether oxygens (including phenoxy) is 2. The number of nitro groups is 1. The number of aliphatic hydroxyl groups is 3. The van der Waals surface area contributed by atoms with Crippen molar-refractivity contribution in [3.05, 3.63) is 69.8 Å². The van der Waals surface area contributed by atoms with Crippen molar-refractivity contribution in [2.45, 2.75) is 31.0 Å². The van der Waals surface area contributed by atoms with Gasteiger partial charge in [-0.3, -0.25) is 10.1 Å². The molecule has 1 saturated heterocycles. The Bertz CT molecular complexity index is 764. The Morgan fingerprint density at radius 2 is 1.81 bits per heavy atom. The van der Waals surface area contributed by atoms with E-state index in [4.69, 9.17) is 9.47 Å². The maximum atomic E-state index is 10.8. The highest BCUT2D eigenvalue weighted by Gasteiger charge is 2.38. The average Bonchev–Trinajstić information content (AvgIpc) is 2.64. The molecule has 1 fully saturated rings. The summed E-state index contributed by atoms with van der Waals surface area (Å²) >= 11 is 0. The van der Waals surface area contributed by atoms with Crippen molar-refractivity contribution in [2.75, 3.05) is 6.61 Å². The van der Waals surface area contributed by atoms with Crippen molar-refractivity contribution in [2.24, 2.45) is 0 Å². The number of non-ortho nitro benzene ring substituents is 1. The van der Waals surface area contributed by atoms with Gasteiger partial charge in [0.1, 0.15) is 24.1 Å². The lowest BCUT2D eigenvalue weighted by Gasteiger charge is -2.34. The highest BCUT2D eigenvalue weighted by atomic mass is 16.7. The van der Waals surface area contributed by atoms with Crippen molar-refractivity contribution in [3.63, 3.8) is 0 Å². The van der Waals surface area contributed by atoms with Crippen LogP contribution < -0.4 is 4.74 Å². The highest BCUT2D eigenvalue weighted by Crippen LogP contribution is 2.22. The van der Waals surface area contributed by atoms with E-state index in [0.717, 1.165) is 11.1 Å². The molecular formula is C18H19NO7. The molecule has 0 amide bonds. The standard InChI is InChI=1S/C18H19NO7/c20-15-10-25-18(17(22)16(15)21)26-14-6-4-11(5-7-14)8-12-2-1-3-13(9-12)19(23)24/h1-7,9,15-18,20-22H,8,10H2/t15-,16+,17-,18-/m1/s1. The van der Waals surface area contributed by atoms with E-state index < -0.39 is 29.5 Å². The van der Waals surface area contributed by atoms with Crippen LogP contribution in [0.1, 0.15) is 11.1 Å². The van der Waals surface area contributed by atoms with Crippen LogP contribution in [0.25, 0.3) is 0 Å². The van der Waals surface area contributed by atoms with Crippen molar-refractivity contribution in [3.8, 4) is 5.75 Å². The summed E-state index contributed by atoms with van der Waals surface area (Å²) in [6, 6.07) is 13.4. The molecule has 3 rings (SSSR count). The van der Waals surface area contributed by atoms with Crippen molar-refractivity contribution in [1.82, 2.24) is 0 Å². The molecule has 138 valence electrons. The van der Waals surface area contributed by atoms with Crippen LogP contribution in [0.15, 0.2) is 48.5 Å². The first-order valence-corrected chi connectivity index (χ1v) is 8.09. The minimum atomic E-state index is -1.36. The number of aliphatic hydroxyl groups excluding tert-OH is 3. The first kappa shape index (κ1) is 18.3. The Morgan fingerprint density at radius 3 is 2.50 bits per heavy atom. The van der Waals surface area contributed by atoms with Crippen LogP contribution in [0, 0.1) is 10.1 Å². The fourth-order valence-electron chi connectivity index (χ4n) is 2.72. The monoisotopic (exact) mass is 361 g/mol. The first-order valence-electron chi connectivity index (χ1n) is 8.09. The molecule has 1 heterocycles. The Labute approximate surface area is 149 Å². The first-order chi connectivity index (χ1) is 12.4. The topological polar surface area (TPSA) is 122 Å². The second-order valence-electron chi connectivity index (χ2n) is 6.12. The fourth-order valence-corrected chi connectivity index (χ4v) is 2.72. The van der Waals surface area contributed by atoms with E-state index in [1.807, 2.05) is 6.07 Å². The lowest BCUT2D eigenvalue weighted by Crippen LogP contribution is -2.54. The number of nitrogens with zero attached hydrogens (tertiary/aromatic N) is 1. The molecule has 0 spiro atoms. The Morgan fingerprint density at radius 1 is 1.08 bits per heavy atom. The summed E-state index contributed by atoms with van der Waals surface area (Å²) in [6.07, 6.45) is -4.39. The van der Waals surface area contributed by atoms with Gasteiger partial charge in [-0.15, -0.1) is 0 Å². The molecule has 26 heavy (non-hydrogen) atoms. The molecule has 0 unspecified atom stereocenters. The molecule has 4 atom stereocenters. The Balaban J connectivity index is 1.64. The zero-order chi connectivity index (χ0) is 18.7. The third-order valence-corrected chi connectivity index (χ3v) is 4.16. The van der Waals surface area contributed by atoms with Gasteiger partial charge in [0.15, 0.2) is 0 Å². The second-order valence-corrected chi connectivity index (χ2v) is 6.12. The van der Waals surface area contributed by atoms with Gasteiger partial charge in [0.25, 0.3) is 5.69 Å². The van der Waals surface area contributed by atoms with E-state index in [0.29, 0.717) is 12.2 Å². The minimum Gasteiger partial charge on any atom is -0.462 e. The summed E-state index contributed by atoms with van der Waals surface area (Å²) in [4.78, 5) is 10.4. The van der Waals surface area contributed by atoms with Crippen LogP contribution >= 0.6 is 0 Å². The summed E-state index contributed by atoms with van der Waals surface area (Å²) in [5, 5.41) is 39.8. The largest absolute Gasteiger partial charge is 0.462 e. The van der Waals surface area contributed by atoms with Crippen LogP contribution in [0.4, 0.5) is 5.69 Å². The SMILES string of the molecule is O=[N+]([O-])c1cccc(Cc2ccc(O[C@H]3OC[C@@H](O)[C@H](O)[C@H]3O)cc2)c1. The lowest BCUT2D eigenvalue weighted by molar-refractivity contribution is -0.384. The molecule has 2 aromatic rings. The molecule has 1 aliphatic heterocycles. The normalized spacial score (nSPS) is 25.7. The van der Waals surface area contributed by atoms with E-state index in [9.17, 15) is 25.4 Å². The average molecular weight is 361 g/mol. The van der Waals surface area contributed by atoms with Gasteiger partial charge in [0.2, 0.25) is 6.29 Å². The van der Waals surface area contributed by atoms with Gasteiger partial charge in [-0.2, -0.15) is 0 Å². The summed E-state index contributed by atoms with van der Waals surface area (Å²) < 4.78 is 10.7. The van der Waals surface area contributed by atoms with Gasteiger partial charge >= 0.3 is 0 Å². The molecule has 0 radical (unpaired) electrons. The molecule has 0 aliphatic carbocycles. The lowest BCUT2D eigenvalue weighted by atomic mass is 10.0. The maximum Gasteiger partial charge on any atom is 0.269 e. The minimum absolute atomic E-state index is 0.0478. The van der Waals surface area contributed by atoms with Crippen molar-refractivity contribution < 1.29 is 29.7 Å². The van der Waals surface area contributed by atoms with Gasteiger partial charge in [-0.25, -0.2) is 0 Å². The van der Waals surface area contributed by atoms with Crippen LogP contribution in [-0.4, -0.2) is 51.5 Å². The number of hydrogen-bond acceptors (Lipinski definition) is 7. The van der Waals surface area contributed by atoms with Gasteiger partial charge in [-0.1, -0.05) is 24.3 Å². The maximum absolute atomic E-state index is 10.8. The Kier molecular flexibility index (Phi) is 5.48. The number of benzene rings is 2.